The molecule has 8 N–H and O–H groups in total. The van der Waals surface area contributed by atoms with Crippen molar-refractivity contribution in [2.45, 2.75) is 57.3 Å². The van der Waals surface area contributed by atoms with Gasteiger partial charge in [-0.1, -0.05) is 26.0 Å². The first-order chi connectivity index (χ1) is 16.3. The number of hydrogen-bond acceptors (Lipinski definition) is 8. The van der Waals surface area contributed by atoms with Gasteiger partial charge in [0.05, 0.1) is 12.5 Å². The summed E-state index contributed by atoms with van der Waals surface area (Å²) >= 11 is 4.07. The van der Waals surface area contributed by atoms with Crippen LogP contribution in [0.4, 0.5) is 0 Å². The predicted octanol–water partition coefficient (Wildman–Crippen LogP) is -0.748. The number of carboxylic acids is 2. The third kappa shape index (κ3) is 10.6. The summed E-state index contributed by atoms with van der Waals surface area (Å²) in [5.41, 5.74) is 6.11. The average molecular weight is 513 g/mol. The van der Waals surface area contributed by atoms with Gasteiger partial charge in [-0.25, -0.2) is 4.79 Å². The van der Waals surface area contributed by atoms with Crippen LogP contribution in [-0.2, 0) is 30.4 Å². The van der Waals surface area contributed by atoms with Crippen LogP contribution in [-0.4, -0.2) is 74.9 Å². The third-order valence-electron chi connectivity index (χ3n) is 4.88. The number of amides is 3. The molecule has 194 valence electrons. The van der Waals surface area contributed by atoms with E-state index in [9.17, 15) is 34.2 Å². The number of aromatic hydroxyl groups is 1. The van der Waals surface area contributed by atoms with E-state index in [2.05, 4.69) is 28.6 Å². The van der Waals surface area contributed by atoms with Gasteiger partial charge in [0.15, 0.2) is 0 Å². The molecule has 3 amide bonds. The highest BCUT2D eigenvalue weighted by molar-refractivity contribution is 7.80. The first-order valence-electron chi connectivity index (χ1n) is 10.8. The van der Waals surface area contributed by atoms with Crippen molar-refractivity contribution in [3.63, 3.8) is 0 Å². The molecule has 1 aromatic carbocycles. The second kappa shape index (κ2) is 14.2. The number of phenols is 1. The molecular formula is C22H32N4O8S. The van der Waals surface area contributed by atoms with E-state index in [1.165, 1.54) is 24.3 Å². The molecule has 1 rings (SSSR count). The van der Waals surface area contributed by atoms with Crippen LogP contribution in [0.5, 0.6) is 5.75 Å². The van der Waals surface area contributed by atoms with Crippen molar-refractivity contribution in [3.8, 4) is 5.75 Å². The number of nitrogens with one attached hydrogen (secondary N) is 3. The fourth-order valence-electron chi connectivity index (χ4n) is 3.07. The summed E-state index contributed by atoms with van der Waals surface area (Å²) < 4.78 is 0. The maximum absolute atomic E-state index is 12.8. The van der Waals surface area contributed by atoms with E-state index in [-0.39, 0.29) is 30.3 Å². The molecule has 1 aromatic rings. The lowest BCUT2D eigenvalue weighted by atomic mass is 10.0. The Kier molecular flexibility index (Phi) is 12.0. The summed E-state index contributed by atoms with van der Waals surface area (Å²) in [5, 5.41) is 34.9. The van der Waals surface area contributed by atoms with Crippen molar-refractivity contribution >= 4 is 42.3 Å². The normalized spacial score (nSPS) is 14.3. The fourth-order valence-corrected chi connectivity index (χ4v) is 3.33. The minimum Gasteiger partial charge on any atom is -0.508 e. The van der Waals surface area contributed by atoms with Crippen LogP contribution in [0.25, 0.3) is 0 Å². The number of phenolic OH excluding ortho intramolecular Hbond substituents is 1. The van der Waals surface area contributed by atoms with E-state index in [0.29, 0.717) is 5.56 Å². The molecule has 4 atom stereocenters. The molecule has 0 saturated heterocycles. The Balaban J connectivity index is 2.88. The molecule has 0 aliphatic carbocycles. The summed E-state index contributed by atoms with van der Waals surface area (Å²) in [7, 11) is 0. The number of nitrogens with two attached hydrogens (primary N) is 1. The highest BCUT2D eigenvalue weighted by Crippen LogP contribution is 2.12. The molecule has 0 aliphatic heterocycles. The third-order valence-corrected chi connectivity index (χ3v) is 5.24. The highest BCUT2D eigenvalue weighted by atomic mass is 32.1. The van der Waals surface area contributed by atoms with Crippen LogP contribution in [0.1, 0.15) is 32.3 Å². The minimum atomic E-state index is -1.37. The zero-order valence-corrected chi connectivity index (χ0v) is 20.3. The van der Waals surface area contributed by atoms with Crippen molar-refractivity contribution in [1.29, 1.82) is 0 Å². The fraction of sp³-hybridized carbons (Fsp3) is 0.500. The lowest BCUT2D eigenvalue weighted by molar-refractivity contribution is -0.142. The largest absolute Gasteiger partial charge is 0.508 e. The first kappa shape index (κ1) is 29.7. The monoisotopic (exact) mass is 512 g/mol. The number of aliphatic carboxylic acids is 2. The summed E-state index contributed by atoms with van der Waals surface area (Å²) in [6.45, 7) is 3.60. The molecule has 0 aromatic heterocycles. The van der Waals surface area contributed by atoms with Gasteiger partial charge in [0.25, 0.3) is 0 Å². The van der Waals surface area contributed by atoms with Crippen LogP contribution in [0.15, 0.2) is 24.3 Å². The second-order valence-corrected chi connectivity index (χ2v) is 8.77. The Bertz CT molecular complexity index is 909. The van der Waals surface area contributed by atoms with Gasteiger partial charge < -0.3 is 37.0 Å². The van der Waals surface area contributed by atoms with Gasteiger partial charge in [-0.15, -0.1) is 0 Å². The van der Waals surface area contributed by atoms with Crippen molar-refractivity contribution < 1.29 is 39.3 Å². The summed E-state index contributed by atoms with van der Waals surface area (Å²) in [5.74, 6) is -5.13. The molecule has 12 nitrogen and oxygen atoms in total. The Hall–Kier alpha value is -3.32. The molecule has 13 heteroatoms. The Morgan fingerprint density at radius 3 is 1.89 bits per heavy atom. The molecule has 0 bridgehead atoms. The number of thiol groups is 1. The summed E-state index contributed by atoms with van der Waals surface area (Å²) in [4.78, 5) is 60.2. The summed E-state index contributed by atoms with van der Waals surface area (Å²) in [6.07, 6.45) is -0.514. The van der Waals surface area contributed by atoms with E-state index in [1.807, 2.05) is 0 Å². The number of carbonyl (C=O) groups is 5. The van der Waals surface area contributed by atoms with Crippen molar-refractivity contribution in [2.24, 2.45) is 11.7 Å². The molecule has 4 unspecified atom stereocenters. The van der Waals surface area contributed by atoms with Crippen molar-refractivity contribution in [1.82, 2.24) is 16.0 Å². The highest BCUT2D eigenvalue weighted by Gasteiger charge is 2.30. The zero-order chi connectivity index (χ0) is 26.7. The van der Waals surface area contributed by atoms with Gasteiger partial charge in [-0.2, -0.15) is 12.6 Å². The Morgan fingerprint density at radius 2 is 1.40 bits per heavy atom. The molecule has 0 heterocycles. The van der Waals surface area contributed by atoms with Gasteiger partial charge in [-0.05, 0) is 30.0 Å². The molecule has 0 radical (unpaired) electrons. The van der Waals surface area contributed by atoms with Crippen molar-refractivity contribution in [2.75, 3.05) is 5.75 Å². The smallest absolute Gasteiger partial charge is 0.326 e. The van der Waals surface area contributed by atoms with Crippen LogP contribution in [0.2, 0.25) is 0 Å². The SMILES string of the molecule is CC(C)CC(NC(=O)C(N)CC(=O)O)C(=O)NC(CS)C(=O)NC(Cc1ccc(O)cc1)C(=O)O. The van der Waals surface area contributed by atoms with Gasteiger partial charge in [0, 0.05) is 12.2 Å². The van der Waals surface area contributed by atoms with E-state index >= 15 is 0 Å². The summed E-state index contributed by atoms with van der Waals surface area (Å²) in [6, 6.07) is 0.808. The standard InChI is InChI=1S/C22H32N4O8S/c1-11(2)7-15(24-19(30)14(23)9-18(28)29)20(31)26-17(10-35)21(32)25-16(22(33)34)8-12-3-5-13(27)6-4-12/h3-6,11,14-17,27,35H,7-10,23H2,1-2H3,(H,24,30)(H,25,32)(H,26,31)(H,28,29)(H,33,34). The van der Waals surface area contributed by atoms with Gasteiger partial charge in [-0.3, -0.25) is 19.2 Å². The number of benzene rings is 1. The lowest BCUT2D eigenvalue weighted by Crippen LogP contribution is -2.58. The minimum absolute atomic E-state index is 0.00877. The molecule has 0 aliphatic rings. The Morgan fingerprint density at radius 1 is 0.886 bits per heavy atom. The van der Waals surface area contributed by atoms with E-state index in [1.54, 1.807) is 13.8 Å². The molecule has 35 heavy (non-hydrogen) atoms. The molecule has 0 spiro atoms. The van der Waals surface area contributed by atoms with Gasteiger partial charge in [0.2, 0.25) is 17.7 Å². The molecular weight excluding hydrogens is 480 g/mol. The number of rotatable bonds is 14. The molecule has 0 saturated carbocycles. The maximum atomic E-state index is 12.8. The first-order valence-corrected chi connectivity index (χ1v) is 11.5. The number of carboxylic acid groups (broad SMARTS) is 2. The number of hydrogen-bond donors (Lipinski definition) is 8. The van der Waals surface area contributed by atoms with Gasteiger partial charge in [0.1, 0.15) is 23.9 Å². The van der Waals surface area contributed by atoms with Crippen LogP contribution < -0.4 is 21.7 Å². The Labute approximate surface area is 208 Å². The molecule has 0 fully saturated rings. The average Bonchev–Trinajstić information content (AvgIpc) is 2.76. The van der Waals surface area contributed by atoms with E-state index < -0.39 is 60.2 Å². The lowest BCUT2D eigenvalue weighted by Gasteiger charge is -2.25. The van der Waals surface area contributed by atoms with Gasteiger partial charge >= 0.3 is 11.9 Å². The van der Waals surface area contributed by atoms with E-state index in [4.69, 9.17) is 10.8 Å². The van der Waals surface area contributed by atoms with E-state index in [0.717, 1.165) is 0 Å². The van der Waals surface area contributed by atoms with Crippen LogP contribution in [0.3, 0.4) is 0 Å². The topological polar surface area (TPSA) is 208 Å². The predicted molar refractivity (Wildman–Crippen MR) is 129 cm³/mol. The maximum Gasteiger partial charge on any atom is 0.326 e. The quantitative estimate of drug-likeness (QED) is 0.147. The van der Waals surface area contributed by atoms with Crippen LogP contribution >= 0.6 is 12.6 Å². The number of carbonyl (C=O) groups excluding carboxylic acids is 3. The zero-order valence-electron chi connectivity index (χ0n) is 19.4. The van der Waals surface area contributed by atoms with Crippen molar-refractivity contribution in [3.05, 3.63) is 29.8 Å². The van der Waals surface area contributed by atoms with Crippen LogP contribution in [0, 0.1) is 5.92 Å². The second-order valence-electron chi connectivity index (χ2n) is 8.41.